The SMILES string of the molecule is CCC1CCCC(OCCS)C1. The quantitative estimate of drug-likeness (QED) is 0.667. The van der Waals surface area contributed by atoms with Crippen LogP contribution < -0.4 is 0 Å². The molecular formula is C10H20OS. The van der Waals surface area contributed by atoms with E-state index in [0.717, 1.165) is 18.3 Å². The van der Waals surface area contributed by atoms with Gasteiger partial charge < -0.3 is 4.74 Å². The van der Waals surface area contributed by atoms with Crippen LogP contribution in [0.25, 0.3) is 0 Å². The summed E-state index contributed by atoms with van der Waals surface area (Å²) in [7, 11) is 0. The van der Waals surface area contributed by atoms with Crippen molar-refractivity contribution in [1.29, 1.82) is 0 Å². The summed E-state index contributed by atoms with van der Waals surface area (Å²) < 4.78 is 5.69. The first-order valence-electron chi connectivity index (χ1n) is 5.09. The van der Waals surface area contributed by atoms with Crippen molar-refractivity contribution in [3.8, 4) is 0 Å². The van der Waals surface area contributed by atoms with Gasteiger partial charge in [-0.2, -0.15) is 12.6 Å². The van der Waals surface area contributed by atoms with Gasteiger partial charge in [0.05, 0.1) is 12.7 Å². The molecule has 1 saturated carbocycles. The molecule has 0 spiro atoms. The molecule has 1 fully saturated rings. The third kappa shape index (κ3) is 3.36. The zero-order valence-electron chi connectivity index (χ0n) is 7.96. The first kappa shape index (κ1) is 10.4. The summed E-state index contributed by atoms with van der Waals surface area (Å²) in [4.78, 5) is 0. The van der Waals surface area contributed by atoms with Crippen LogP contribution in [-0.2, 0) is 4.74 Å². The Bertz CT molecular complexity index is 116. The van der Waals surface area contributed by atoms with Crippen molar-refractivity contribution in [1.82, 2.24) is 0 Å². The fourth-order valence-corrected chi connectivity index (χ4v) is 2.09. The molecule has 0 aliphatic heterocycles. The fraction of sp³-hybridized carbons (Fsp3) is 1.00. The number of ether oxygens (including phenoxy) is 1. The number of rotatable bonds is 4. The van der Waals surface area contributed by atoms with Crippen LogP contribution in [-0.4, -0.2) is 18.5 Å². The van der Waals surface area contributed by atoms with Crippen molar-refractivity contribution in [2.45, 2.75) is 45.1 Å². The van der Waals surface area contributed by atoms with Gasteiger partial charge in [-0.15, -0.1) is 0 Å². The Balaban J connectivity index is 2.16. The highest BCUT2D eigenvalue weighted by atomic mass is 32.1. The van der Waals surface area contributed by atoms with Gasteiger partial charge in [0.2, 0.25) is 0 Å². The van der Waals surface area contributed by atoms with E-state index < -0.39 is 0 Å². The lowest BCUT2D eigenvalue weighted by Crippen LogP contribution is -2.23. The van der Waals surface area contributed by atoms with Crippen LogP contribution in [0, 0.1) is 5.92 Å². The molecule has 0 amide bonds. The molecule has 0 aromatic heterocycles. The molecule has 1 nitrogen and oxygen atoms in total. The van der Waals surface area contributed by atoms with Crippen LogP contribution in [0.2, 0.25) is 0 Å². The van der Waals surface area contributed by atoms with Crippen molar-refractivity contribution in [2.75, 3.05) is 12.4 Å². The average molecular weight is 188 g/mol. The van der Waals surface area contributed by atoms with Gasteiger partial charge >= 0.3 is 0 Å². The molecule has 2 unspecified atom stereocenters. The van der Waals surface area contributed by atoms with Gasteiger partial charge in [-0.05, 0) is 18.8 Å². The van der Waals surface area contributed by atoms with E-state index in [4.69, 9.17) is 4.74 Å². The molecule has 2 heteroatoms. The van der Waals surface area contributed by atoms with Gasteiger partial charge in [0, 0.05) is 5.75 Å². The average Bonchev–Trinajstić information content (AvgIpc) is 2.15. The maximum atomic E-state index is 5.69. The molecule has 1 rings (SSSR count). The van der Waals surface area contributed by atoms with Gasteiger partial charge in [-0.3, -0.25) is 0 Å². The summed E-state index contributed by atoms with van der Waals surface area (Å²) in [5.74, 6) is 1.77. The van der Waals surface area contributed by atoms with E-state index in [0.29, 0.717) is 6.10 Å². The van der Waals surface area contributed by atoms with E-state index in [1.165, 1.54) is 32.1 Å². The molecular weight excluding hydrogens is 168 g/mol. The minimum absolute atomic E-state index is 0.538. The molecule has 0 saturated heterocycles. The van der Waals surface area contributed by atoms with Crippen LogP contribution >= 0.6 is 12.6 Å². The van der Waals surface area contributed by atoms with Crippen molar-refractivity contribution < 1.29 is 4.74 Å². The zero-order valence-corrected chi connectivity index (χ0v) is 8.85. The van der Waals surface area contributed by atoms with Crippen LogP contribution in [0.3, 0.4) is 0 Å². The molecule has 0 bridgehead atoms. The lowest BCUT2D eigenvalue weighted by atomic mass is 9.85. The summed E-state index contributed by atoms with van der Waals surface area (Å²) >= 11 is 4.14. The smallest absolute Gasteiger partial charge is 0.0578 e. The number of thiol groups is 1. The van der Waals surface area contributed by atoms with Crippen molar-refractivity contribution in [3.05, 3.63) is 0 Å². The maximum Gasteiger partial charge on any atom is 0.0578 e. The minimum Gasteiger partial charge on any atom is -0.377 e. The van der Waals surface area contributed by atoms with E-state index in [-0.39, 0.29) is 0 Å². The largest absolute Gasteiger partial charge is 0.377 e. The third-order valence-electron chi connectivity index (χ3n) is 2.76. The standard InChI is InChI=1S/C10H20OS/c1-2-9-4-3-5-10(8-9)11-6-7-12/h9-10,12H,2-8H2,1H3. The van der Waals surface area contributed by atoms with E-state index in [1.807, 2.05) is 0 Å². The predicted octanol–water partition coefficient (Wildman–Crippen LogP) is 2.90. The third-order valence-corrected chi connectivity index (χ3v) is 2.94. The van der Waals surface area contributed by atoms with Gasteiger partial charge in [-0.25, -0.2) is 0 Å². The van der Waals surface area contributed by atoms with E-state index in [9.17, 15) is 0 Å². The Morgan fingerprint density at radius 2 is 2.25 bits per heavy atom. The highest BCUT2D eigenvalue weighted by Crippen LogP contribution is 2.28. The van der Waals surface area contributed by atoms with Crippen LogP contribution in [0.15, 0.2) is 0 Å². The van der Waals surface area contributed by atoms with Crippen LogP contribution in [0.1, 0.15) is 39.0 Å². The molecule has 1 aliphatic carbocycles. The second-order valence-corrected chi connectivity index (χ2v) is 4.10. The number of hydrogen-bond acceptors (Lipinski definition) is 2. The normalized spacial score (nSPS) is 30.5. The Morgan fingerprint density at radius 1 is 1.42 bits per heavy atom. The molecule has 72 valence electrons. The molecule has 2 atom stereocenters. The first-order chi connectivity index (χ1) is 5.86. The summed E-state index contributed by atoms with van der Waals surface area (Å²) in [6.07, 6.45) is 7.18. The molecule has 0 radical (unpaired) electrons. The Morgan fingerprint density at radius 3 is 2.92 bits per heavy atom. The fourth-order valence-electron chi connectivity index (χ4n) is 1.98. The lowest BCUT2D eigenvalue weighted by molar-refractivity contribution is 0.0215. The van der Waals surface area contributed by atoms with Crippen LogP contribution in [0.4, 0.5) is 0 Å². The van der Waals surface area contributed by atoms with Crippen LogP contribution in [0.5, 0.6) is 0 Å². The van der Waals surface area contributed by atoms with Crippen molar-refractivity contribution in [2.24, 2.45) is 5.92 Å². The lowest BCUT2D eigenvalue weighted by Gasteiger charge is -2.28. The topological polar surface area (TPSA) is 9.23 Å². The molecule has 0 heterocycles. The molecule has 0 N–H and O–H groups in total. The Hall–Kier alpha value is 0.310. The molecule has 12 heavy (non-hydrogen) atoms. The van der Waals surface area contributed by atoms with Crippen molar-refractivity contribution >= 4 is 12.6 Å². The molecule has 1 aliphatic rings. The summed E-state index contributed by atoms with van der Waals surface area (Å²) in [6.45, 7) is 3.11. The zero-order chi connectivity index (χ0) is 8.81. The first-order valence-corrected chi connectivity index (χ1v) is 5.72. The van der Waals surface area contributed by atoms with E-state index in [2.05, 4.69) is 19.6 Å². The second kappa shape index (κ2) is 5.87. The van der Waals surface area contributed by atoms with E-state index in [1.54, 1.807) is 0 Å². The monoisotopic (exact) mass is 188 g/mol. The minimum atomic E-state index is 0.538. The summed E-state index contributed by atoms with van der Waals surface area (Å²) in [6, 6.07) is 0. The van der Waals surface area contributed by atoms with Gasteiger partial charge in [0.1, 0.15) is 0 Å². The predicted molar refractivity (Wildman–Crippen MR) is 55.8 cm³/mol. The number of hydrogen-bond donors (Lipinski definition) is 1. The highest BCUT2D eigenvalue weighted by molar-refractivity contribution is 7.80. The van der Waals surface area contributed by atoms with Gasteiger partial charge in [-0.1, -0.05) is 26.2 Å². The molecule has 0 aromatic carbocycles. The maximum absolute atomic E-state index is 5.69. The van der Waals surface area contributed by atoms with Gasteiger partial charge in [0.25, 0.3) is 0 Å². The highest BCUT2D eigenvalue weighted by Gasteiger charge is 2.20. The second-order valence-electron chi connectivity index (χ2n) is 3.66. The summed E-state index contributed by atoms with van der Waals surface area (Å²) in [5, 5.41) is 0. The van der Waals surface area contributed by atoms with E-state index >= 15 is 0 Å². The van der Waals surface area contributed by atoms with Crippen molar-refractivity contribution in [3.63, 3.8) is 0 Å². The summed E-state index contributed by atoms with van der Waals surface area (Å²) in [5.41, 5.74) is 0. The van der Waals surface area contributed by atoms with Gasteiger partial charge in [0.15, 0.2) is 0 Å². The Labute approximate surface area is 81.3 Å². The Kier molecular flexibility index (Phi) is 5.08. The molecule has 0 aromatic rings.